The molecule has 0 aliphatic rings. The molecule has 1 aromatic carbocycles. The van der Waals surface area contributed by atoms with E-state index in [2.05, 4.69) is 43.3 Å². The molecule has 0 radical (unpaired) electrons. The van der Waals surface area contributed by atoms with Gasteiger partial charge >= 0.3 is 0 Å². The van der Waals surface area contributed by atoms with Gasteiger partial charge in [0.25, 0.3) is 5.91 Å². The van der Waals surface area contributed by atoms with Gasteiger partial charge in [-0.1, -0.05) is 11.8 Å². The van der Waals surface area contributed by atoms with Crippen molar-refractivity contribution in [3.8, 4) is 5.75 Å². The van der Waals surface area contributed by atoms with Crippen molar-refractivity contribution in [2.75, 3.05) is 5.75 Å². The van der Waals surface area contributed by atoms with Gasteiger partial charge in [-0.05, 0) is 57.3 Å². The Hall–Kier alpha value is -0.890. The van der Waals surface area contributed by atoms with E-state index < -0.39 is 0 Å². The van der Waals surface area contributed by atoms with Crippen molar-refractivity contribution >= 4 is 69.1 Å². The number of aryl methyl sites for hydroxylation is 1. The van der Waals surface area contributed by atoms with Gasteiger partial charge in [-0.2, -0.15) is 5.10 Å². The van der Waals surface area contributed by atoms with E-state index in [1.165, 1.54) is 18.0 Å². The predicted molar refractivity (Wildman–Crippen MR) is 101 cm³/mol. The lowest BCUT2D eigenvalue weighted by Gasteiger charge is -2.03. The zero-order valence-corrected chi connectivity index (χ0v) is 16.5. The third kappa shape index (κ3) is 4.81. The maximum atomic E-state index is 11.7. The average molecular weight is 543 g/mol. The number of amides is 1. The van der Waals surface area contributed by atoms with E-state index in [0.717, 1.165) is 7.14 Å². The Labute approximate surface area is 158 Å². The number of rotatable bonds is 5. The second-order valence-electron chi connectivity index (χ2n) is 4.13. The Morgan fingerprint density at radius 1 is 1.55 bits per heavy atom. The van der Waals surface area contributed by atoms with Gasteiger partial charge in [0.1, 0.15) is 12.1 Å². The number of benzene rings is 1. The second-order valence-corrected chi connectivity index (χ2v) is 7.48. The van der Waals surface area contributed by atoms with Gasteiger partial charge in [0, 0.05) is 16.2 Å². The number of nitrogens with one attached hydrogen (secondary N) is 1. The smallest absolute Gasteiger partial charge is 0.250 e. The molecule has 0 fully saturated rings. The summed E-state index contributed by atoms with van der Waals surface area (Å²) in [6, 6.07) is 3.63. The summed E-state index contributed by atoms with van der Waals surface area (Å²) in [5.41, 5.74) is 2.97. The van der Waals surface area contributed by atoms with Gasteiger partial charge in [0.05, 0.1) is 15.5 Å². The summed E-state index contributed by atoms with van der Waals surface area (Å²) in [5, 5.41) is 22.0. The molecule has 0 saturated carbocycles. The Morgan fingerprint density at radius 2 is 2.32 bits per heavy atom. The van der Waals surface area contributed by atoms with Crippen LogP contribution in [0, 0.1) is 7.14 Å². The van der Waals surface area contributed by atoms with Crippen molar-refractivity contribution in [3.63, 3.8) is 0 Å². The van der Waals surface area contributed by atoms with E-state index in [0.29, 0.717) is 10.7 Å². The number of carbonyl (C=O) groups excluding carboxylic acids is 1. The predicted octanol–water partition coefficient (Wildman–Crippen LogP) is 1.97. The number of halogens is 2. The van der Waals surface area contributed by atoms with Crippen LogP contribution in [0.3, 0.4) is 0 Å². The number of aromatic hydroxyl groups is 1. The summed E-state index contributed by atoms with van der Waals surface area (Å²) >= 11 is 5.46. The van der Waals surface area contributed by atoms with Crippen LogP contribution in [-0.4, -0.2) is 37.7 Å². The Morgan fingerprint density at radius 3 is 3.00 bits per heavy atom. The monoisotopic (exact) mass is 543 g/mol. The summed E-state index contributed by atoms with van der Waals surface area (Å²) in [5.74, 6) is 0.0660. The molecule has 0 bridgehead atoms. The highest BCUT2D eigenvalue weighted by atomic mass is 127. The topological polar surface area (TPSA) is 92.4 Å². The van der Waals surface area contributed by atoms with Crippen LogP contribution >= 0.6 is 56.9 Å². The highest BCUT2D eigenvalue weighted by Gasteiger charge is 2.07. The van der Waals surface area contributed by atoms with Gasteiger partial charge in [-0.25, -0.2) is 5.43 Å². The number of hydrogen-bond acceptors (Lipinski definition) is 6. The fourth-order valence-corrected chi connectivity index (χ4v) is 3.99. The van der Waals surface area contributed by atoms with Crippen LogP contribution in [0.25, 0.3) is 0 Å². The van der Waals surface area contributed by atoms with Crippen molar-refractivity contribution in [1.29, 1.82) is 0 Å². The summed E-state index contributed by atoms with van der Waals surface area (Å²) in [7, 11) is 1.81. The minimum atomic E-state index is -0.260. The van der Waals surface area contributed by atoms with Gasteiger partial charge in [-0.3, -0.25) is 4.79 Å². The van der Waals surface area contributed by atoms with E-state index >= 15 is 0 Å². The molecule has 0 unspecified atom stereocenters. The number of phenols is 1. The molecule has 0 aliphatic heterocycles. The number of nitrogens with zero attached hydrogens (tertiary/aromatic N) is 4. The summed E-state index contributed by atoms with van der Waals surface area (Å²) in [4.78, 5) is 11.7. The van der Waals surface area contributed by atoms with E-state index in [4.69, 9.17) is 0 Å². The quantitative estimate of drug-likeness (QED) is 0.261. The van der Waals surface area contributed by atoms with Crippen molar-refractivity contribution < 1.29 is 9.90 Å². The molecule has 2 N–H and O–H groups in total. The summed E-state index contributed by atoms with van der Waals surface area (Å²) < 4.78 is 3.44. The fourth-order valence-electron chi connectivity index (χ4n) is 1.42. The van der Waals surface area contributed by atoms with E-state index in [-0.39, 0.29) is 17.4 Å². The average Bonchev–Trinajstić information content (AvgIpc) is 2.87. The van der Waals surface area contributed by atoms with Gasteiger partial charge in [0.15, 0.2) is 5.16 Å². The standard InChI is InChI=1S/C12H11I2N5O2S/c1-19-6-16-18-12(19)22-5-10(20)17-15-4-7-2-8(13)3-9(14)11(7)21/h2-4,6,21H,5H2,1H3,(H,17,20)/b15-4-. The van der Waals surface area contributed by atoms with E-state index in [1.54, 1.807) is 24.0 Å². The van der Waals surface area contributed by atoms with Crippen LogP contribution in [0.15, 0.2) is 28.7 Å². The molecule has 2 rings (SSSR count). The number of phenolic OH excluding ortho intramolecular Hbond substituents is 1. The minimum absolute atomic E-state index is 0.146. The van der Waals surface area contributed by atoms with Crippen LogP contribution in [0.4, 0.5) is 0 Å². The molecular weight excluding hydrogens is 532 g/mol. The third-order valence-electron chi connectivity index (χ3n) is 2.45. The first-order chi connectivity index (χ1) is 10.5. The van der Waals surface area contributed by atoms with Crippen molar-refractivity contribution in [3.05, 3.63) is 31.2 Å². The number of aromatic nitrogens is 3. The molecule has 22 heavy (non-hydrogen) atoms. The van der Waals surface area contributed by atoms with E-state index in [9.17, 15) is 9.90 Å². The van der Waals surface area contributed by atoms with E-state index in [1.807, 2.05) is 28.7 Å². The maximum absolute atomic E-state index is 11.7. The van der Waals surface area contributed by atoms with Gasteiger partial charge in [-0.15, -0.1) is 10.2 Å². The highest BCUT2D eigenvalue weighted by molar-refractivity contribution is 14.1. The first-order valence-electron chi connectivity index (χ1n) is 5.94. The Balaban J connectivity index is 1.90. The Kier molecular flexibility index (Phi) is 6.43. The third-order valence-corrected chi connectivity index (χ3v) is 4.93. The number of hydrogen-bond donors (Lipinski definition) is 2. The number of thioether (sulfide) groups is 1. The molecule has 1 aromatic heterocycles. The fraction of sp³-hybridized carbons (Fsp3) is 0.167. The lowest BCUT2D eigenvalue weighted by atomic mass is 10.2. The lowest BCUT2D eigenvalue weighted by Crippen LogP contribution is -2.19. The zero-order chi connectivity index (χ0) is 16.1. The molecular formula is C12H11I2N5O2S. The van der Waals surface area contributed by atoms with Crippen LogP contribution in [0.1, 0.15) is 5.56 Å². The number of hydrazone groups is 1. The lowest BCUT2D eigenvalue weighted by molar-refractivity contribution is -0.118. The van der Waals surface area contributed by atoms with Gasteiger partial charge in [0.2, 0.25) is 0 Å². The normalized spacial score (nSPS) is 11.0. The summed E-state index contributed by atoms with van der Waals surface area (Å²) in [6.45, 7) is 0. The van der Waals surface area contributed by atoms with Crippen LogP contribution < -0.4 is 5.43 Å². The number of carbonyl (C=O) groups is 1. The molecule has 10 heteroatoms. The molecule has 116 valence electrons. The van der Waals surface area contributed by atoms with Crippen molar-refractivity contribution in [2.45, 2.75) is 5.16 Å². The first-order valence-corrected chi connectivity index (χ1v) is 9.08. The molecule has 0 spiro atoms. The molecule has 7 nitrogen and oxygen atoms in total. The largest absolute Gasteiger partial charge is 0.506 e. The Bertz CT molecular complexity index is 720. The van der Waals surface area contributed by atoms with Crippen LogP contribution in [0.5, 0.6) is 5.75 Å². The highest BCUT2D eigenvalue weighted by Crippen LogP contribution is 2.25. The molecule has 1 amide bonds. The van der Waals surface area contributed by atoms with Crippen LogP contribution in [-0.2, 0) is 11.8 Å². The summed E-state index contributed by atoms with van der Waals surface area (Å²) in [6.07, 6.45) is 2.99. The maximum Gasteiger partial charge on any atom is 0.250 e. The molecule has 0 saturated heterocycles. The molecule has 0 atom stereocenters. The van der Waals surface area contributed by atoms with Gasteiger partial charge < -0.3 is 9.67 Å². The van der Waals surface area contributed by atoms with Crippen LogP contribution in [0.2, 0.25) is 0 Å². The zero-order valence-electron chi connectivity index (χ0n) is 11.3. The molecule has 0 aliphatic carbocycles. The second kappa shape index (κ2) is 8.10. The minimum Gasteiger partial charge on any atom is -0.506 e. The molecule has 2 aromatic rings. The SMILES string of the molecule is Cn1cnnc1SCC(=O)N/N=C\c1cc(I)cc(I)c1O. The first kappa shape index (κ1) is 17.5. The van der Waals surface area contributed by atoms with Crippen molar-refractivity contribution in [1.82, 2.24) is 20.2 Å². The molecule has 1 heterocycles. The van der Waals surface area contributed by atoms with Crippen molar-refractivity contribution in [2.24, 2.45) is 12.1 Å².